The van der Waals surface area contributed by atoms with Gasteiger partial charge in [0.25, 0.3) is 0 Å². The van der Waals surface area contributed by atoms with Crippen molar-refractivity contribution < 1.29 is 22.8 Å². The molecule has 152 valence electrons. The number of alkyl halides is 3. The second-order valence-corrected chi connectivity index (χ2v) is 7.84. The van der Waals surface area contributed by atoms with E-state index in [1.807, 2.05) is 19.1 Å². The van der Waals surface area contributed by atoms with Crippen molar-refractivity contribution in [2.45, 2.75) is 24.8 Å². The van der Waals surface area contributed by atoms with Crippen LogP contribution in [0.2, 0.25) is 5.02 Å². The standard InChI is InChI=1S/C19H15ClF3N3O2S/c1-10-4-2-3-5-14(10)25-16(27)9-15-17(28)26-18(29-15)24-11-6-7-13(20)12(8-11)19(21,22)23/h2-8,15H,9H2,1H3,(H,25,27)(H,24,26,28)/t15-/m1/s1. The summed E-state index contributed by atoms with van der Waals surface area (Å²) in [5, 5.41) is 4.19. The molecule has 2 aromatic carbocycles. The van der Waals surface area contributed by atoms with Crippen LogP contribution in [-0.2, 0) is 15.8 Å². The van der Waals surface area contributed by atoms with Crippen LogP contribution in [0.4, 0.5) is 24.5 Å². The van der Waals surface area contributed by atoms with Crippen LogP contribution in [0.15, 0.2) is 47.5 Å². The SMILES string of the molecule is Cc1ccccc1NC(=O)C[C@H]1SC(=Nc2ccc(Cl)c(C(F)(F)F)c2)NC1=O. The van der Waals surface area contributed by atoms with Crippen LogP contribution in [0.1, 0.15) is 17.5 Å². The number of benzene rings is 2. The van der Waals surface area contributed by atoms with Gasteiger partial charge >= 0.3 is 6.18 Å². The first-order chi connectivity index (χ1) is 13.6. The van der Waals surface area contributed by atoms with Crippen molar-refractivity contribution in [3.8, 4) is 0 Å². The number of para-hydroxylation sites is 1. The van der Waals surface area contributed by atoms with E-state index in [1.54, 1.807) is 12.1 Å². The summed E-state index contributed by atoms with van der Waals surface area (Å²) in [6.45, 7) is 1.85. The molecular weight excluding hydrogens is 427 g/mol. The highest BCUT2D eigenvalue weighted by atomic mass is 35.5. The molecule has 1 aliphatic heterocycles. The van der Waals surface area contributed by atoms with Crippen LogP contribution in [0, 0.1) is 6.92 Å². The number of hydrogen-bond donors (Lipinski definition) is 2. The second-order valence-electron chi connectivity index (χ2n) is 6.24. The molecule has 2 aromatic rings. The summed E-state index contributed by atoms with van der Waals surface area (Å²) in [4.78, 5) is 28.4. The maximum atomic E-state index is 13.0. The molecule has 0 spiro atoms. The van der Waals surface area contributed by atoms with Gasteiger partial charge in [0.05, 0.1) is 16.3 Å². The highest BCUT2D eigenvalue weighted by molar-refractivity contribution is 8.15. The zero-order chi connectivity index (χ0) is 21.2. The summed E-state index contributed by atoms with van der Waals surface area (Å²) in [5.41, 5.74) is 0.518. The number of aryl methyl sites for hydroxylation is 1. The summed E-state index contributed by atoms with van der Waals surface area (Å²) < 4.78 is 38.9. The minimum Gasteiger partial charge on any atom is -0.326 e. The Morgan fingerprint density at radius 1 is 1.28 bits per heavy atom. The first kappa shape index (κ1) is 21.2. The molecule has 1 saturated heterocycles. The van der Waals surface area contributed by atoms with Crippen molar-refractivity contribution in [3.05, 3.63) is 58.6 Å². The van der Waals surface area contributed by atoms with Crippen molar-refractivity contribution in [2.24, 2.45) is 4.99 Å². The summed E-state index contributed by atoms with van der Waals surface area (Å²) in [6.07, 6.45) is -4.71. The summed E-state index contributed by atoms with van der Waals surface area (Å²) in [5.74, 6) is -0.780. The molecule has 1 heterocycles. The Hall–Kier alpha value is -2.52. The van der Waals surface area contributed by atoms with Crippen LogP contribution >= 0.6 is 23.4 Å². The lowest BCUT2D eigenvalue weighted by Gasteiger charge is -2.09. The minimum atomic E-state index is -4.62. The molecule has 2 N–H and O–H groups in total. The number of carbonyl (C=O) groups is 2. The molecule has 0 radical (unpaired) electrons. The van der Waals surface area contributed by atoms with E-state index in [9.17, 15) is 22.8 Å². The van der Waals surface area contributed by atoms with Crippen LogP contribution in [0.3, 0.4) is 0 Å². The average Bonchev–Trinajstić information content (AvgIpc) is 2.96. The van der Waals surface area contributed by atoms with E-state index >= 15 is 0 Å². The second kappa shape index (κ2) is 8.46. The Kier molecular flexibility index (Phi) is 6.18. The third kappa shape index (κ3) is 5.30. The fourth-order valence-corrected chi connectivity index (χ4v) is 3.80. The number of aliphatic imine (C=N–C) groups is 1. The van der Waals surface area contributed by atoms with E-state index in [2.05, 4.69) is 15.6 Å². The highest BCUT2D eigenvalue weighted by Crippen LogP contribution is 2.37. The number of hydrogen-bond acceptors (Lipinski definition) is 4. The lowest BCUT2D eigenvalue weighted by Crippen LogP contribution is -2.28. The zero-order valence-corrected chi connectivity index (χ0v) is 16.6. The van der Waals surface area contributed by atoms with Crippen molar-refractivity contribution in [1.82, 2.24) is 5.32 Å². The predicted molar refractivity (Wildman–Crippen MR) is 107 cm³/mol. The number of amides is 2. The Morgan fingerprint density at radius 2 is 2.00 bits per heavy atom. The molecule has 1 aliphatic rings. The normalized spacial score (nSPS) is 18.0. The maximum absolute atomic E-state index is 13.0. The number of rotatable bonds is 4. The molecule has 10 heteroatoms. The van der Waals surface area contributed by atoms with E-state index in [4.69, 9.17) is 11.6 Å². The fourth-order valence-electron chi connectivity index (χ4n) is 2.59. The average molecular weight is 442 g/mol. The molecule has 0 bridgehead atoms. The third-order valence-electron chi connectivity index (χ3n) is 4.05. The fraction of sp³-hybridized carbons (Fsp3) is 0.211. The molecule has 0 saturated carbocycles. The number of nitrogens with zero attached hydrogens (tertiary/aromatic N) is 1. The summed E-state index contributed by atoms with van der Waals surface area (Å²) in [6, 6.07) is 10.4. The summed E-state index contributed by atoms with van der Waals surface area (Å²) >= 11 is 6.58. The van der Waals surface area contributed by atoms with Gasteiger partial charge < -0.3 is 10.6 Å². The maximum Gasteiger partial charge on any atom is 0.417 e. The number of halogens is 4. The molecule has 2 amide bonds. The van der Waals surface area contributed by atoms with Gasteiger partial charge in [0, 0.05) is 12.1 Å². The van der Waals surface area contributed by atoms with E-state index in [0.717, 1.165) is 29.5 Å². The largest absolute Gasteiger partial charge is 0.417 e. The van der Waals surface area contributed by atoms with E-state index in [0.29, 0.717) is 5.69 Å². The van der Waals surface area contributed by atoms with Gasteiger partial charge in [-0.3, -0.25) is 9.59 Å². The van der Waals surface area contributed by atoms with E-state index in [-0.39, 0.29) is 23.2 Å². The highest BCUT2D eigenvalue weighted by Gasteiger charge is 2.34. The first-order valence-electron chi connectivity index (χ1n) is 8.42. The van der Waals surface area contributed by atoms with Gasteiger partial charge in [0.2, 0.25) is 11.8 Å². The summed E-state index contributed by atoms with van der Waals surface area (Å²) in [7, 11) is 0. The van der Waals surface area contributed by atoms with Gasteiger partial charge in [0.15, 0.2) is 5.17 Å². The van der Waals surface area contributed by atoms with Crippen LogP contribution in [-0.4, -0.2) is 22.2 Å². The lowest BCUT2D eigenvalue weighted by molar-refractivity contribution is -0.137. The zero-order valence-electron chi connectivity index (χ0n) is 15.0. The molecule has 0 unspecified atom stereocenters. The Bertz CT molecular complexity index is 995. The van der Waals surface area contributed by atoms with Gasteiger partial charge in [-0.05, 0) is 36.8 Å². The van der Waals surface area contributed by atoms with Gasteiger partial charge in [-0.15, -0.1) is 0 Å². The van der Waals surface area contributed by atoms with Crippen molar-refractivity contribution >= 4 is 51.7 Å². The molecular formula is C19H15ClF3N3O2S. The third-order valence-corrected chi connectivity index (χ3v) is 5.46. The molecule has 0 aliphatic carbocycles. The molecule has 29 heavy (non-hydrogen) atoms. The molecule has 0 aromatic heterocycles. The number of anilines is 1. The molecule has 1 atom stereocenters. The smallest absolute Gasteiger partial charge is 0.326 e. The number of nitrogens with one attached hydrogen (secondary N) is 2. The van der Waals surface area contributed by atoms with Crippen LogP contribution < -0.4 is 10.6 Å². The van der Waals surface area contributed by atoms with Crippen LogP contribution in [0.5, 0.6) is 0 Å². The topological polar surface area (TPSA) is 70.6 Å². The monoisotopic (exact) mass is 441 g/mol. The van der Waals surface area contributed by atoms with Crippen molar-refractivity contribution in [3.63, 3.8) is 0 Å². The Morgan fingerprint density at radius 3 is 2.69 bits per heavy atom. The van der Waals surface area contributed by atoms with Crippen LogP contribution in [0.25, 0.3) is 0 Å². The quantitative estimate of drug-likeness (QED) is 0.707. The van der Waals surface area contributed by atoms with E-state index < -0.39 is 27.9 Å². The van der Waals surface area contributed by atoms with Gasteiger partial charge in [-0.2, -0.15) is 13.2 Å². The Balaban J connectivity index is 1.69. The predicted octanol–water partition coefficient (Wildman–Crippen LogP) is 4.92. The van der Waals surface area contributed by atoms with Crippen molar-refractivity contribution in [1.29, 1.82) is 0 Å². The molecule has 5 nitrogen and oxygen atoms in total. The van der Waals surface area contributed by atoms with Gasteiger partial charge in [-0.1, -0.05) is 41.6 Å². The van der Waals surface area contributed by atoms with E-state index in [1.165, 1.54) is 6.07 Å². The van der Waals surface area contributed by atoms with Crippen molar-refractivity contribution in [2.75, 3.05) is 5.32 Å². The molecule has 3 rings (SSSR count). The number of carbonyl (C=O) groups excluding carboxylic acids is 2. The Labute approximate surface area is 173 Å². The number of thioether (sulfide) groups is 1. The van der Waals surface area contributed by atoms with Gasteiger partial charge in [0.1, 0.15) is 5.25 Å². The lowest BCUT2D eigenvalue weighted by atomic mass is 10.2. The first-order valence-corrected chi connectivity index (χ1v) is 9.67. The molecule has 1 fully saturated rings. The number of amidine groups is 1. The van der Waals surface area contributed by atoms with Gasteiger partial charge in [-0.25, -0.2) is 4.99 Å². The minimum absolute atomic E-state index is 0.00506.